The third kappa shape index (κ3) is 4.42. The zero-order valence-corrected chi connectivity index (χ0v) is 14.1. The topological polar surface area (TPSA) is 49.3 Å². The van der Waals surface area contributed by atoms with Gasteiger partial charge in [-0.15, -0.1) is 0 Å². The van der Waals surface area contributed by atoms with Crippen LogP contribution in [-0.2, 0) is 0 Å². The summed E-state index contributed by atoms with van der Waals surface area (Å²) < 4.78 is 0. The fourth-order valence-corrected chi connectivity index (χ4v) is 2.76. The first-order chi connectivity index (χ1) is 10.6. The fourth-order valence-electron chi connectivity index (χ4n) is 2.76. The summed E-state index contributed by atoms with van der Waals surface area (Å²) >= 11 is 0. The van der Waals surface area contributed by atoms with E-state index in [0.29, 0.717) is 11.6 Å². The van der Waals surface area contributed by atoms with Crippen LogP contribution >= 0.6 is 0 Å². The molecule has 0 saturated carbocycles. The molecule has 0 radical (unpaired) electrons. The highest BCUT2D eigenvalue weighted by atomic mass is 16.2. The number of carbonyl (C=O) groups excluding carboxylic acids is 1. The van der Waals surface area contributed by atoms with E-state index in [0.717, 1.165) is 51.0 Å². The Bertz CT molecular complexity index is 495. The van der Waals surface area contributed by atoms with Gasteiger partial charge in [0.25, 0.3) is 5.91 Å². The van der Waals surface area contributed by atoms with Crippen LogP contribution in [0.4, 0.5) is 5.95 Å². The number of anilines is 1. The third-order valence-corrected chi connectivity index (χ3v) is 4.14. The number of amides is 1. The molecule has 122 valence electrons. The summed E-state index contributed by atoms with van der Waals surface area (Å²) in [4.78, 5) is 25.7. The molecule has 0 bridgehead atoms. The second-order valence-corrected chi connectivity index (χ2v) is 6.18. The van der Waals surface area contributed by atoms with Crippen LogP contribution in [0.25, 0.3) is 0 Å². The lowest BCUT2D eigenvalue weighted by Gasteiger charge is -2.22. The summed E-state index contributed by atoms with van der Waals surface area (Å²) in [5.74, 6) is 0.712. The van der Waals surface area contributed by atoms with Crippen molar-refractivity contribution < 1.29 is 4.79 Å². The number of rotatable bonds is 5. The van der Waals surface area contributed by atoms with Gasteiger partial charge in [0.2, 0.25) is 5.95 Å². The molecule has 2 heterocycles. The summed E-state index contributed by atoms with van der Waals surface area (Å²) in [5.41, 5.74) is 1.39. The monoisotopic (exact) mass is 304 g/mol. The Kier molecular flexibility index (Phi) is 6.16. The van der Waals surface area contributed by atoms with Gasteiger partial charge in [-0.25, -0.2) is 9.97 Å². The number of hydrogen-bond acceptors (Lipinski definition) is 4. The molecular formula is C17H28N4O. The zero-order chi connectivity index (χ0) is 15.9. The van der Waals surface area contributed by atoms with Crippen LogP contribution in [0.3, 0.4) is 0 Å². The molecular weight excluding hydrogens is 276 g/mol. The van der Waals surface area contributed by atoms with Crippen molar-refractivity contribution in [2.45, 2.75) is 52.4 Å². The van der Waals surface area contributed by atoms with Gasteiger partial charge < -0.3 is 9.80 Å². The molecule has 0 spiro atoms. The van der Waals surface area contributed by atoms with E-state index in [-0.39, 0.29) is 5.91 Å². The molecule has 5 heteroatoms. The smallest absolute Gasteiger partial charge is 0.272 e. The van der Waals surface area contributed by atoms with E-state index in [2.05, 4.69) is 16.9 Å². The Morgan fingerprint density at radius 3 is 2.55 bits per heavy atom. The van der Waals surface area contributed by atoms with E-state index in [1.165, 1.54) is 12.8 Å². The lowest BCUT2D eigenvalue weighted by Crippen LogP contribution is -2.33. The molecule has 22 heavy (non-hydrogen) atoms. The van der Waals surface area contributed by atoms with Crippen molar-refractivity contribution in [3.8, 4) is 0 Å². The van der Waals surface area contributed by atoms with Crippen LogP contribution in [0.15, 0.2) is 6.07 Å². The second-order valence-electron chi connectivity index (χ2n) is 6.18. The van der Waals surface area contributed by atoms with Crippen molar-refractivity contribution in [3.63, 3.8) is 0 Å². The molecule has 0 aliphatic carbocycles. The van der Waals surface area contributed by atoms with Crippen molar-refractivity contribution in [1.29, 1.82) is 0 Å². The van der Waals surface area contributed by atoms with Crippen molar-refractivity contribution in [1.82, 2.24) is 14.9 Å². The largest absolute Gasteiger partial charge is 0.344 e. The van der Waals surface area contributed by atoms with E-state index >= 15 is 0 Å². The molecule has 0 aromatic carbocycles. The van der Waals surface area contributed by atoms with E-state index < -0.39 is 0 Å². The Morgan fingerprint density at radius 1 is 1.23 bits per heavy atom. The average Bonchev–Trinajstić information content (AvgIpc) is 2.80. The molecule has 1 amide bonds. The summed E-state index contributed by atoms with van der Waals surface area (Å²) in [6.07, 6.45) is 6.87. The first-order valence-electron chi connectivity index (χ1n) is 8.48. The molecule has 1 aromatic heterocycles. The average molecular weight is 304 g/mol. The van der Waals surface area contributed by atoms with Gasteiger partial charge in [0.1, 0.15) is 5.69 Å². The molecule has 1 aliphatic heterocycles. The van der Waals surface area contributed by atoms with Gasteiger partial charge in [0.15, 0.2) is 0 Å². The maximum Gasteiger partial charge on any atom is 0.272 e. The third-order valence-electron chi connectivity index (χ3n) is 4.14. The fraction of sp³-hybridized carbons (Fsp3) is 0.706. The Hall–Kier alpha value is -1.65. The molecule has 1 saturated heterocycles. The maximum atomic E-state index is 12.7. The van der Waals surface area contributed by atoms with Gasteiger partial charge in [-0.2, -0.15) is 0 Å². The second kappa shape index (κ2) is 8.11. The van der Waals surface area contributed by atoms with Gasteiger partial charge >= 0.3 is 0 Å². The van der Waals surface area contributed by atoms with Crippen LogP contribution in [0.2, 0.25) is 0 Å². The van der Waals surface area contributed by atoms with Crippen LogP contribution in [-0.4, -0.2) is 47.5 Å². The number of hydrogen-bond donors (Lipinski definition) is 0. The highest BCUT2D eigenvalue weighted by molar-refractivity contribution is 5.92. The quantitative estimate of drug-likeness (QED) is 0.839. The maximum absolute atomic E-state index is 12.7. The van der Waals surface area contributed by atoms with Crippen molar-refractivity contribution in [2.75, 3.05) is 31.6 Å². The standard InChI is InChI=1S/C17H28N4O/c1-4-5-10-20(3)17-18-14(2)13-15(19-17)16(22)21-11-8-6-7-9-12-21/h13H,4-12H2,1-3H3. The van der Waals surface area contributed by atoms with Crippen LogP contribution in [0.5, 0.6) is 0 Å². The van der Waals surface area contributed by atoms with Gasteiger partial charge in [-0.05, 0) is 32.3 Å². The normalized spacial score (nSPS) is 15.5. The highest BCUT2D eigenvalue weighted by Gasteiger charge is 2.20. The Balaban J connectivity index is 2.15. The number of carbonyl (C=O) groups is 1. The SMILES string of the molecule is CCCCN(C)c1nc(C)cc(C(=O)N2CCCCCC2)n1. The van der Waals surface area contributed by atoms with Crippen molar-refractivity contribution in [3.05, 3.63) is 17.5 Å². The predicted molar refractivity (Wildman–Crippen MR) is 89.3 cm³/mol. The van der Waals surface area contributed by atoms with Crippen LogP contribution < -0.4 is 4.90 Å². The lowest BCUT2D eigenvalue weighted by molar-refractivity contribution is 0.0755. The molecule has 1 fully saturated rings. The molecule has 0 atom stereocenters. The molecule has 0 unspecified atom stereocenters. The number of likely N-dealkylation sites (tertiary alicyclic amines) is 1. The van der Waals surface area contributed by atoms with Gasteiger partial charge in [-0.3, -0.25) is 4.79 Å². The highest BCUT2D eigenvalue weighted by Crippen LogP contribution is 2.15. The molecule has 1 aromatic rings. The summed E-state index contributed by atoms with van der Waals surface area (Å²) in [5, 5.41) is 0. The first-order valence-corrected chi connectivity index (χ1v) is 8.48. The van der Waals surface area contributed by atoms with Crippen molar-refractivity contribution in [2.24, 2.45) is 0 Å². The molecule has 1 aliphatic rings. The van der Waals surface area contributed by atoms with E-state index in [1.807, 2.05) is 29.8 Å². The molecule has 2 rings (SSSR count). The lowest BCUT2D eigenvalue weighted by atomic mass is 10.2. The Morgan fingerprint density at radius 2 is 1.91 bits per heavy atom. The summed E-state index contributed by atoms with van der Waals surface area (Å²) in [6.45, 7) is 6.71. The first kappa shape index (κ1) is 16.7. The number of aromatic nitrogens is 2. The predicted octanol–water partition coefficient (Wildman–Crippen LogP) is 3.04. The van der Waals surface area contributed by atoms with E-state index in [4.69, 9.17) is 0 Å². The van der Waals surface area contributed by atoms with Gasteiger partial charge in [0.05, 0.1) is 0 Å². The van der Waals surface area contributed by atoms with Gasteiger partial charge in [0, 0.05) is 32.4 Å². The van der Waals surface area contributed by atoms with E-state index in [9.17, 15) is 4.79 Å². The minimum Gasteiger partial charge on any atom is -0.344 e. The number of nitrogens with zero attached hydrogens (tertiary/aromatic N) is 4. The van der Waals surface area contributed by atoms with E-state index in [1.54, 1.807) is 0 Å². The minimum absolute atomic E-state index is 0.0533. The molecule has 5 nitrogen and oxygen atoms in total. The summed E-state index contributed by atoms with van der Waals surface area (Å²) in [7, 11) is 1.99. The number of aryl methyl sites for hydroxylation is 1. The van der Waals surface area contributed by atoms with Crippen LogP contribution in [0, 0.1) is 6.92 Å². The molecule has 0 N–H and O–H groups in total. The minimum atomic E-state index is 0.0533. The zero-order valence-electron chi connectivity index (χ0n) is 14.1. The Labute approximate surface area is 133 Å². The van der Waals surface area contributed by atoms with Crippen molar-refractivity contribution >= 4 is 11.9 Å². The number of unbranched alkanes of at least 4 members (excludes halogenated alkanes) is 1. The van der Waals surface area contributed by atoms with Gasteiger partial charge in [-0.1, -0.05) is 26.2 Å². The summed E-state index contributed by atoms with van der Waals surface area (Å²) in [6, 6.07) is 1.81. The van der Waals surface area contributed by atoms with Crippen LogP contribution in [0.1, 0.15) is 61.6 Å².